The molecule has 3 aromatic rings. The van der Waals surface area contributed by atoms with Crippen LogP contribution in [0.2, 0.25) is 0 Å². The first-order valence-corrected chi connectivity index (χ1v) is 6.29. The highest BCUT2D eigenvalue weighted by Gasteiger charge is 2.02. The van der Waals surface area contributed by atoms with Crippen LogP contribution in [0.25, 0.3) is 5.65 Å². The van der Waals surface area contributed by atoms with E-state index in [9.17, 15) is 0 Å². The van der Waals surface area contributed by atoms with Gasteiger partial charge in [-0.15, -0.1) is 10.2 Å². The fraction of sp³-hybridized carbons (Fsp3) is 0.308. The van der Waals surface area contributed by atoms with Crippen LogP contribution in [0.4, 0.5) is 0 Å². The predicted molar refractivity (Wildman–Crippen MR) is 71.6 cm³/mol. The highest BCUT2D eigenvalue weighted by atomic mass is 15.2. The fourth-order valence-corrected chi connectivity index (χ4v) is 2.02. The van der Waals surface area contributed by atoms with E-state index in [4.69, 9.17) is 0 Å². The summed E-state index contributed by atoms with van der Waals surface area (Å²) in [6.45, 7) is 1.62. The monoisotopic (exact) mass is 256 g/mol. The number of aryl methyl sites for hydroxylation is 1. The van der Waals surface area contributed by atoms with E-state index < -0.39 is 0 Å². The average molecular weight is 256 g/mol. The van der Waals surface area contributed by atoms with E-state index in [2.05, 4.69) is 20.5 Å². The lowest BCUT2D eigenvalue weighted by atomic mass is 10.4. The molecule has 0 unspecified atom stereocenters. The molecule has 6 nitrogen and oxygen atoms in total. The fourth-order valence-electron chi connectivity index (χ4n) is 2.02. The number of nitrogens with one attached hydrogen (secondary N) is 1. The summed E-state index contributed by atoms with van der Waals surface area (Å²) in [4.78, 5) is 4.53. The second-order valence-corrected chi connectivity index (χ2v) is 4.48. The van der Waals surface area contributed by atoms with Gasteiger partial charge in [-0.3, -0.25) is 0 Å². The summed E-state index contributed by atoms with van der Waals surface area (Å²) in [5.74, 6) is 0.988. The van der Waals surface area contributed by atoms with Crippen molar-refractivity contribution in [3.63, 3.8) is 0 Å². The molecule has 0 aromatic carbocycles. The molecule has 0 aliphatic heterocycles. The molecule has 6 heteroatoms. The smallest absolute Gasteiger partial charge is 0.137 e. The van der Waals surface area contributed by atoms with Gasteiger partial charge in [0.1, 0.15) is 17.8 Å². The first-order valence-electron chi connectivity index (χ1n) is 6.29. The second kappa shape index (κ2) is 5.19. The maximum Gasteiger partial charge on any atom is 0.137 e. The van der Waals surface area contributed by atoms with Crippen LogP contribution in [-0.4, -0.2) is 30.7 Å². The van der Waals surface area contributed by atoms with E-state index in [0.29, 0.717) is 0 Å². The summed E-state index contributed by atoms with van der Waals surface area (Å²) in [6.07, 6.45) is 6.64. The molecule has 0 atom stereocenters. The minimum atomic E-state index is 0.763. The first-order chi connectivity index (χ1) is 9.33. The van der Waals surface area contributed by atoms with Crippen LogP contribution in [0, 0.1) is 0 Å². The number of fused-ring (bicyclic) bond motifs is 1. The van der Waals surface area contributed by atoms with Crippen LogP contribution in [0.15, 0.2) is 36.9 Å². The molecule has 19 heavy (non-hydrogen) atoms. The number of pyridine rings is 1. The van der Waals surface area contributed by atoms with E-state index in [1.54, 1.807) is 6.33 Å². The molecule has 3 rings (SSSR count). The van der Waals surface area contributed by atoms with Gasteiger partial charge in [0.15, 0.2) is 0 Å². The molecule has 3 aromatic heterocycles. The molecule has 98 valence electrons. The van der Waals surface area contributed by atoms with Gasteiger partial charge in [-0.05, 0) is 12.1 Å². The van der Waals surface area contributed by atoms with E-state index >= 15 is 0 Å². The van der Waals surface area contributed by atoms with Crippen LogP contribution < -0.4 is 5.32 Å². The number of hydrogen-bond acceptors (Lipinski definition) is 4. The number of aromatic nitrogens is 5. The van der Waals surface area contributed by atoms with Gasteiger partial charge >= 0.3 is 0 Å². The quantitative estimate of drug-likeness (QED) is 0.686. The summed E-state index contributed by atoms with van der Waals surface area (Å²) in [5.41, 5.74) is 2.02. The van der Waals surface area contributed by atoms with Gasteiger partial charge in [0.2, 0.25) is 0 Å². The van der Waals surface area contributed by atoms with Gasteiger partial charge in [-0.2, -0.15) is 0 Å². The zero-order chi connectivity index (χ0) is 13.1. The Labute approximate surface area is 111 Å². The molecule has 3 heterocycles. The summed E-state index contributed by atoms with van der Waals surface area (Å²) < 4.78 is 3.96. The molecule has 0 aliphatic rings. The van der Waals surface area contributed by atoms with Crippen molar-refractivity contribution in [2.45, 2.75) is 13.0 Å². The van der Waals surface area contributed by atoms with E-state index in [1.807, 2.05) is 46.6 Å². The lowest BCUT2D eigenvalue weighted by Gasteiger charge is -2.02. The standard InChI is InChI=1S/C13H16N6/c1-18-10-15-17-13(18)5-6-14-8-11-9-19-7-3-2-4-12(19)16-11/h2-4,7,9-10,14H,5-6,8H2,1H3. The number of imidazole rings is 1. The molecule has 0 amide bonds. The van der Waals surface area contributed by atoms with Crippen molar-refractivity contribution >= 4 is 5.65 Å². The Hall–Kier alpha value is -2.21. The van der Waals surface area contributed by atoms with E-state index in [1.165, 1.54) is 0 Å². The van der Waals surface area contributed by atoms with Crippen molar-refractivity contribution < 1.29 is 0 Å². The predicted octanol–water partition coefficient (Wildman–Crippen LogP) is 0.795. The molecule has 0 fully saturated rings. The average Bonchev–Trinajstić information content (AvgIpc) is 3.00. The van der Waals surface area contributed by atoms with Crippen molar-refractivity contribution in [3.05, 3.63) is 48.4 Å². The zero-order valence-electron chi connectivity index (χ0n) is 10.8. The third kappa shape index (κ3) is 2.63. The van der Waals surface area contributed by atoms with Crippen LogP contribution in [-0.2, 0) is 20.0 Å². The van der Waals surface area contributed by atoms with E-state index in [-0.39, 0.29) is 0 Å². The zero-order valence-corrected chi connectivity index (χ0v) is 10.8. The molecule has 0 spiro atoms. The Morgan fingerprint density at radius 1 is 1.32 bits per heavy atom. The molecule has 0 bridgehead atoms. The molecule has 0 saturated carbocycles. The van der Waals surface area contributed by atoms with Crippen LogP contribution in [0.1, 0.15) is 11.5 Å². The normalized spacial score (nSPS) is 11.2. The summed E-state index contributed by atoms with van der Waals surface area (Å²) in [5, 5.41) is 11.3. The van der Waals surface area contributed by atoms with Gasteiger partial charge in [0.25, 0.3) is 0 Å². The molecule has 1 N–H and O–H groups in total. The lowest BCUT2D eigenvalue weighted by molar-refractivity contribution is 0.647. The number of rotatable bonds is 5. The van der Waals surface area contributed by atoms with Crippen molar-refractivity contribution in [1.82, 2.24) is 29.5 Å². The maximum atomic E-state index is 4.53. The highest BCUT2D eigenvalue weighted by Crippen LogP contribution is 2.03. The Bertz CT molecular complexity index is 635. The Morgan fingerprint density at radius 2 is 2.26 bits per heavy atom. The van der Waals surface area contributed by atoms with Crippen LogP contribution in [0.3, 0.4) is 0 Å². The number of nitrogens with zero attached hydrogens (tertiary/aromatic N) is 5. The number of hydrogen-bond donors (Lipinski definition) is 1. The third-order valence-corrected chi connectivity index (χ3v) is 3.05. The SMILES string of the molecule is Cn1cnnc1CCNCc1cn2ccccc2n1. The van der Waals surface area contributed by atoms with Gasteiger partial charge in [0.05, 0.1) is 5.69 Å². The largest absolute Gasteiger partial charge is 0.321 e. The van der Waals surface area contributed by atoms with E-state index in [0.717, 1.165) is 36.7 Å². The van der Waals surface area contributed by atoms with Crippen molar-refractivity contribution in [1.29, 1.82) is 0 Å². The highest BCUT2D eigenvalue weighted by molar-refractivity contribution is 5.39. The minimum absolute atomic E-state index is 0.763. The topological polar surface area (TPSA) is 60.0 Å². The maximum absolute atomic E-state index is 4.53. The van der Waals surface area contributed by atoms with Gasteiger partial charge < -0.3 is 14.3 Å². The molecule has 0 saturated heterocycles. The summed E-state index contributed by atoms with van der Waals surface area (Å²) in [6, 6.07) is 6.00. The van der Waals surface area contributed by atoms with Crippen molar-refractivity contribution in [2.75, 3.05) is 6.54 Å². The van der Waals surface area contributed by atoms with Gasteiger partial charge in [0, 0.05) is 39.0 Å². The second-order valence-electron chi connectivity index (χ2n) is 4.48. The van der Waals surface area contributed by atoms with Crippen molar-refractivity contribution in [2.24, 2.45) is 7.05 Å². The molecule has 0 aliphatic carbocycles. The van der Waals surface area contributed by atoms with Crippen LogP contribution in [0.5, 0.6) is 0 Å². The molecular weight excluding hydrogens is 240 g/mol. The summed E-state index contributed by atoms with van der Waals surface area (Å²) in [7, 11) is 1.96. The first kappa shape index (κ1) is 11.9. The lowest BCUT2D eigenvalue weighted by Crippen LogP contribution is -2.18. The van der Waals surface area contributed by atoms with Gasteiger partial charge in [-0.25, -0.2) is 4.98 Å². The summed E-state index contributed by atoms with van der Waals surface area (Å²) >= 11 is 0. The molecule has 0 radical (unpaired) electrons. The Kier molecular flexibility index (Phi) is 3.24. The van der Waals surface area contributed by atoms with Gasteiger partial charge in [-0.1, -0.05) is 6.07 Å². The minimum Gasteiger partial charge on any atom is -0.321 e. The molecular formula is C13H16N6. The Balaban J connectivity index is 1.53. The van der Waals surface area contributed by atoms with Crippen molar-refractivity contribution in [3.8, 4) is 0 Å². The Morgan fingerprint density at radius 3 is 3.05 bits per heavy atom. The third-order valence-electron chi connectivity index (χ3n) is 3.05. The van der Waals surface area contributed by atoms with Crippen LogP contribution >= 0.6 is 0 Å².